The van der Waals surface area contributed by atoms with Crippen molar-refractivity contribution in [2.45, 2.75) is 27.0 Å². The molecule has 1 aromatic carbocycles. The summed E-state index contributed by atoms with van der Waals surface area (Å²) in [6.45, 7) is 4.13. The van der Waals surface area contributed by atoms with Crippen LogP contribution in [0.15, 0.2) is 24.3 Å². The molecule has 21 heavy (non-hydrogen) atoms. The molecule has 112 valence electrons. The lowest BCUT2D eigenvalue weighted by Crippen LogP contribution is -2.05. The Labute approximate surface area is 124 Å². The van der Waals surface area contributed by atoms with Crippen molar-refractivity contribution < 1.29 is 14.6 Å². The van der Waals surface area contributed by atoms with E-state index >= 15 is 0 Å². The first-order valence-corrected chi connectivity index (χ1v) is 6.71. The summed E-state index contributed by atoms with van der Waals surface area (Å²) >= 11 is 0. The predicted octanol–water partition coefficient (Wildman–Crippen LogP) is 2.45. The number of pyridine rings is 1. The van der Waals surface area contributed by atoms with Gasteiger partial charge in [0.05, 0.1) is 13.7 Å². The van der Waals surface area contributed by atoms with Gasteiger partial charge in [0.15, 0.2) is 11.5 Å². The van der Waals surface area contributed by atoms with Gasteiger partial charge >= 0.3 is 0 Å². The van der Waals surface area contributed by atoms with Gasteiger partial charge in [0.25, 0.3) is 0 Å². The van der Waals surface area contributed by atoms with Crippen molar-refractivity contribution in [3.8, 4) is 17.2 Å². The zero-order chi connectivity index (χ0) is 15.4. The number of nitrogens with two attached hydrogens (primary N) is 1. The smallest absolute Gasteiger partial charge is 0.169 e. The van der Waals surface area contributed by atoms with E-state index in [2.05, 4.69) is 4.98 Å². The molecule has 0 saturated heterocycles. The molecule has 1 aromatic heterocycles. The Balaban J connectivity index is 2.42. The van der Waals surface area contributed by atoms with Crippen LogP contribution in [0.4, 0.5) is 0 Å². The van der Waals surface area contributed by atoms with Crippen LogP contribution in [0, 0.1) is 13.8 Å². The molecule has 5 nitrogen and oxygen atoms in total. The summed E-state index contributed by atoms with van der Waals surface area (Å²) in [5.41, 5.74) is 9.15. The fourth-order valence-corrected chi connectivity index (χ4v) is 2.17. The van der Waals surface area contributed by atoms with Crippen LogP contribution in [0.3, 0.4) is 0 Å². The van der Waals surface area contributed by atoms with Crippen molar-refractivity contribution in [3.63, 3.8) is 0 Å². The number of rotatable bonds is 5. The molecular formula is C16H20N2O3. The van der Waals surface area contributed by atoms with Crippen molar-refractivity contribution in [1.82, 2.24) is 4.98 Å². The number of aromatic nitrogens is 1. The maximum atomic E-state index is 9.17. The van der Waals surface area contributed by atoms with Crippen molar-refractivity contribution in [2.24, 2.45) is 5.73 Å². The average molecular weight is 288 g/mol. The third kappa shape index (κ3) is 3.32. The zero-order valence-corrected chi connectivity index (χ0v) is 12.5. The van der Waals surface area contributed by atoms with E-state index in [-0.39, 0.29) is 6.61 Å². The van der Waals surface area contributed by atoms with Gasteiger partial charge in [-0.25, -0.2) is 0 Å². The largest absolute Gasteiger partial charge is 0.493 e. The normalized spacial score (nSPS) is 10.5. The summed E-state index contributed by atoms with van der Waals surface area (Å²) in [4.78, 5) is 4.39. The van der Waals surface area contributed by atoms with Crippen molar-refractivity contribution in [2.75, 3.05) is 7.11 Å². The maximum absolute atomic E-state index is 9.17. The molecule has 0 fully saturated rings. The Hall–Kier alpha value is -2.11. The minimum absolute atomic E-state index is 0.0435. The molecule has 0 aliphatic rings. The van der Waals surface area contributed by atoms with Gasteiger partial charge in [-0.05, 0) is 31.5 Å². The number of hydrogen-bond acceptors (Lipinski definition) is 5. The lowest BCUT2D eigenvalue weighted by atomic mass is 10.1. The second-order valence-corrected chi connectivity index (χ2v) is 4.78. The first-order valence-electron chi connectivity index (χ1n) is 6.71. The van der Waals surface area contributed by atoms with Gasteiger partial charge < -0.3 is 20.3 Å². The van der Waals surface area contributed by atoms with E-state index in [4.69, 9.17) is 15.2 Å². The lowest BCUT2D eigenvalue weighted by Gasteiger charge is -2.15. The molecule has 3 N–H and O–H groups in total. The van der Waals surface area contributed by atoms with E-state index in [1.54, 1.807) is 25.3 Å². The van der Waals surface area contributed by atoms with Crippen molar-refractivity contribution in [1.29, 1.82) is 0 Å². The molecule has 0 saturated carbocycles. The summed E-state index contributed by atoms with van der Waals surface area (Å²) < 4.78 is 11.3. The standard InChI is InChI=1S/C16H20N2O3/c1-10-6-15(13(8-17)11(2)18-10)21-14-5-4-12(9-19)7-16(14)20-3/h4-7,19H,8-9,17H2,1-3H3. The predicted molar refractivity (Wildman–Crippen MR) is 80.6 cm³/mol. The van der Waals surface area contributed by atoms with E-state index in [1.807, 2.05) is 19.9 Å². The summed E-state index contributed by atoms with van der Waals surface area (Å²) in [6, 6.07) is 7.17. The molecule has 0 unspecified atom stereocenters. The minimum atomic E-state index is -0.0435. The van der Waals surface area contributed by atoms with E-state index in [0.29, 0.717) is 23.8 Å². The number of ether oxygens (including phenoxy) is 2. The Kier molecular flexibility index (Phi) is 4.77. The molecule has 0 spiro atoms. The molecule has 0 atom stereocenters. The van der Waals surface area contributed by atoms with Gasteiger partial charge in [-0.3, -0.25) is 4.98 Å². The van der Waals surface area contributed by atoms with E-state index in [1.165, 1.54) is 0 Å². The van der Waals surface area contributed by atoms with Crippen LogP contribution >= 0.6 is 0 Å². The van der Waals surface area contributed by atoms with Crippen LogP contribution in [-0.2, 0) is 13.2 Å². The number of aliphatic hydroxyl groups excluding tert-OH is 1. The maximum Gasteiger partial charge on any atom is 0.169 e. The summed E-state index contributed by atoms with van der Waals surface area (Å²) in [7, 11) is 1.57. The Morgan fingerprint density at radius 3 is 2.52 bits per heavy atom. The van der Waals surface area contributed by atoms with Crippen LogP contribution in [0.1, 0.15) is 22.5 Å². The highest BCUT2D eigenvalue weighted by molar-refractivity contribution is 5.47. The first-order chi connectivity index (χ1) is 10.1. The van der Waals surface area contributed by atoms with E-state index < -0.39 is 0 Å². The van der Waals surface area contributed by atoms with Gasteiger partial charge in [0.2, 0.25) is 0 Å². The highest BCUT2D eigenvalue weighted by Crippen LogP contribution is 2.34. The molecule has 0 aliphatic heterocycles. The van der Waals surface area contributed by atoms with Crippen LogP contribution in [-0.4, -0.2) is 17.2 Å². The van der Waals surface area contributed by atoms with Crippen molar-refractivity contribution >= 4 is 0 Å². The van der Waals surface area contributed by atoms with Crippen LogP contribution in [0.2, 0.25) is 0 Å². The van der Waals surface area contributed by atoms with Crippen LogP contribution in [0.25, 0.3) is 0 Å². The number of nitrogens with zero attached hydrogens (tertiary/aromatic N) is 1. The van der Waals surface area contributed by atoms with Crippen LogP contribution < -0.4 is 15.2 Å². The number of aryl methyl sites for hydroxylation is 2. The molecule has 1 heterocycles. The molecule has 5 heteroatoms. The summed E-state index contributed by atoms with van der Waals surface area (Å²) in [5, 5.41) is 9.17. The number of benzene rings is 1. The topological polar surface area (TPSA) is 77.6 Å². The van der Waals surface area contributed by atoms with Gasteiger partial charge in [-0.2, -0.15) is 0 Å². The zero-order valence-electron chi connectivity index (χ0n) is 12.5. The molecule has 0 amide bonds. The van der Waals surface area contributed by atoms with Crippen LogP contribution in [0.5, 0.6) is 17.2 Å². The fourth-order valence-electron chi connectivity index (χ4n) is 2.17. The number of methoxy groups -OCH3 is 1. The Morgan fingerprint density at radius 1 is 1.14 bits per heavy atom. The Bertz CT molecular complexity index is 642. The molecule has 0 bridgehead atoms. The highest BCUT2D eigenvalue weighted by atomic mass is 16.5. The second-order valence-electron chi connectivity index (χ2n) is 4.78. The quantitative estimate of drug-likeness (QED) is 0.883. The van der Waals surface area contributed by atoms with Crippen molar-refractivity contribution in [3.05, 3.63) is 46.8 Å². The summed E-state index contributed by atoms with van der Waals surface area (Å²) in [6.07, 6.45) is 0. The molecule has 0 aliphatic carbocycles. The average Bonchev–Trinajstić information content (AvgIpc) is 2.47. The monoisotopic (exact) mass is 288 g/mol. The summed E-state index contributed by atoms with van der Waals surface area (Å²) in [5.74, 6) is 1.82. The van der Waals surface area contributed by atoms with Gasteiger partial charge in [0, 0.05) is 29.6 Å². The third-order valence-electron chi connectivity index (χ3n) is 3.25. The lowest BCUT2D eigenvalue weighted by molar-refractivity contribution is 0.280. The minimum Gasteiger partial charge on any atom is -0.493 e. The van der Waals surface area contributed by atoms with Gasteiger partial charge in [0.1, 0.15) is 5.75 Å². The van der Waals surface area contributed by atoms with Gasteiger partial charge in [-0.1, -0.05) is 6.07 Å². The number of hydrogen-bond donors (Lipinski definition) is 2. The molecule has 2 rings (SSSR count). The molecular weight excluding hydrogens is 268 g/mol. The second kappa shape index (κ2) is 6.56. The Morgan fingerprint density at radius 2 is 1.90 bits per heavy atom. The van der Waals surface area contributed by atoms with E-state index in [9.17, 15) is 5.11 Å². The SMILES string of the molecule is COc1cc(CO)ccc1Oc1cc(C)nc(C)c1CN. The van der Waals surface area contributed by atoms with E-state index in [0.717, 1.165) is 22.5 Å². The molecule has 2 aromatic rings. The fraction of sp³-hybridized carbons (Fsp3) is 0.312. The third-order valence-corrected chi connectivity index (χ3v) is 3.25. The molecule has 0 radical (unpaired) electrons. The van der Waals surface area contributed by atoms with Gasteiger partial charge in [-0.15, -0.1) is 0 Å². The number of aliphatic hydroxyl groups is 1. The first kappa shape index (κ1) is 15.3. The highest BCUT2D eigenvalue weighted by Gasteiger charge is 2.12.